The Balaban J connectivity index is 2.75. The Morgan fingerprint density at radius 3 is 3.00 bits per heavy atom. The molecular formula is C7H13N3S2. The van der Waals surface area contributed by atoms with Crippen LogP contribution >= 0.6 is 23.5 Å². The van der Waals surface area contributed by atoms with Crippen molar-refractivity contribution in [2.24, 2.45) is 5.11 Å². The predicted molar refractivity (Wildman–Crippen MR) is 56.5 cm³/mol. The second kappa shape index (κ2) is 4.30. The second-order valence-corrected chi connectivity index (χ2v) is 5.93. The Kier molecular flexibility index (Phi) is 3.62. The van der Waals surface area contributed by atoms with Gasteiger partial charge in [0, 0.05) is 10.2 Å². The van der Waals surface area contributed by atoms with Crippen LogP contribution in [0, 0.1) is 0 Å². The van der Waals surface area contributed by atoms with Crippen molar-refractivity contribution in [3.05, 3.63) is 10.4 Å². The van der Waals surface area contributed by atoms with E-state index in [0.29, 0.717) is 5.25 Å². The first-order valence-corrected chi connectivity index (χ1v) is 6.04. The van der Waals surface area contributed by atoms with Crippen LogP contribution in [0.25, 0.3) is 10.4 Å². The first-order valence-electron chi connectivity index (χ1n) is 4.01. The van der Waals surface area contributed by atoms with Crippen molar-refractivity contribution < 1.29 is 0 Å². The van der Waals surface area contributed by atoms with Crippen molar-refractivity contribution in [2.75, 3.05) is 11.5 Å². The minimum absolute atomic E-state index is 0.240. The number of azide groups is 1. The van der Waals surface area contributed by atoms with Gasteiger partial charge in [0.05, 0.1) is 0 Å². The van der Waals surface area contributed by atoms with Crippen LogP contribution in [0.15, 0.2) is 5.11 Å². The highest BCUT2D eigenvalue weighted by Gasteiger charge is 2.32. The molecule has 1 fully saturated rings. The molecule has 68 valence electrons. The smallest absolute Gasteiger partial charge is 0.103 e. The van der Waals surface area contributed by atoms with Gasteiger partial charge < -0.3 is 0 Å². The van der Waals surface area contributed by atoms with E-state index in [1.807, 2.05) is 18.7 Å². The molecule has 1 rings (SSSR count). The molecule has 0 aliphatic carbocycles. The van der Waals surface area contributed by atoms with Gasteiger partial charge in [0.25, 0.3) is 0 Å². The molecule has 1 aliphatic rings. The SMILES string of the molecule is CC1SCCCSC1(C)N=[N+]=[N-]. The lowest BCUT2D eigenvalue weighted by atomic mass is 10.2. The van der Waals surface area contributed by atoms with E-state index in [-0.39, 0.29) is 4.87 Å². The first kappa shape index (κ1) is 10.1. The maximum absolute atomic E-state index is 8.43. The Labute approximate surface area is 81.3 Å². The molecule has 1 saturated heterocycles. The molecule has 0 aromatic heterocycles. The monoisotopic (exact) mass is 203 g/mol. The van der Waals surface area contributed by atoms with Crippen LogP contribution in [0.5, 0.6) is 0 Å². The number of thioether (sulfide) groups is 2. The third kappa shape index (κ3) is 2.25. The van der Waals surface area contributed by atoms with Gasteiger partial charge in [-0.3, -0.25) is 0 Å². The summed E-state index contributed by atoms with van der Waals surface area (Å²) in [6.07, 6.45) is 1.22. The van der Waals surface area contributed by atoms with Crippen LogP contribution in [-0.2, 0) is 0 Å². The summed E-state index contributed by atoms with van der Waals surface area (Å²) in [6.45, 7) is 4.16. The van der Waals surface area contributed by atoms with Crippen molar-refractivity contribution in [1.29, 1.82) is 0 Å². The molecule has 0 aromatic carbocycles. The van der Waals surface area contributed by atoms with Gasteiger partial charge in [-0.1, -0.05) is 12.0 Å². The molecule has 0 radical (unpaired) electrons. The molecule has 1 aliphatic heterocycles. The summed E-state index contributed by atoms with van der Waals surface area (Å²) in [6, 6.07) is 0. The second-order valence-electron chi connectivity index (χ2n) is 2.96. The van der Waals surface area contributed by atoms with Crippen LogP contribution in [-0.4, -0.2) is 21.6 Å². The van der Waals surface area contributed by atoms with Crippen LogP contribution in [0.2, 0.25) is 0 Å². The van der Waals surface area contributed by atoms with Gasteiger partial charge in [0.1, 0.15) is 4.87 Å². The maximum Gasteiger partial charge on any atom is 0.103 e. The first-order chi connectivity index (χ1) is 5.69. The summed E-state index contributed by atoms with van der Waals surface area (Å²) in [5, 5.41) is 4.30. The van der Waals surface area contributed by atoms with Crippen molar-refractivity contribution in [1.82, 2.24) is 0 Å². The fraction of sp³-hybridized carbons (Fsp3) is 1.00. The van der Waals surface area contributed by atoms with Crippen LogP contribution < -0.4 is 0 Å². The highest BCUT2D eigenvalue weighted by Crippen LogP contribution is 2.40. The van der Waals surface area contributed by atoms with E-state index >= 15 is 0 Å². The molecule has 0 aromatic rings. The zero-order valence-electron chi connectivity index (χ0n) is 7.36. The highest BCUT2D eigenvalue weighted by atomic mass is 32.2. The third-order valence-electron chi connectivity index (χ3n) is 2.05. The van der Waals surface area contributed by atoms with Gasteiger partial charge in [0.2, 0.25) is 0 Å². The predicted octanol–water partition coefficient (Wildman–Crippen LogP) is 3.27. The quantitative estimate of drug-likeness (QED) is 0.373. The molecule has 0 saturated carbocycles. The fourth-order valence-electron chi connectivity index (χ4n) is 1.07. The van der Waals surface area contributed by atoms with Gasteiger partial charge in [-0.25, -0.2) is 0 Å². The molecule has 12 heavy (non-hydrogen) atoms. The summed E-state index contributed by atoms with van der Waals surface area (Å²) in [5.41, 5.74) is 8.43. The largest absolute Gasteiger partial charge is 0.157 e. The molecular weight excluding hydrogens is 190 g/mol. The molecule has 1 heterocycles. The number of nitrogens with zero attached hydrogens (tertiary/aromatic N) is 3. The lowest BCUT2D eigenvalue weighted by molar-refractivity contribution is 0.664. The van der Waals surface area contributed by atoms with E-state index in [1.165, 1.54) is 12.2 Å². The molecule has 5 heteroatoms. The Hall–Kier alpha value is 0.01000. The van der Waals surface area contributed by atoms with Gasteiger partial charge in [0.15, 0.2) is 0 Å². The van der Waals surface area contributed by atoms with Crippen LogP contribution in [0.4, 0.5) is 0 Å². The summed E-state index contributed by atoms with van der Waals surface area (Å²) >= 11 is 3.68. The lowest BCUT2D eigenvalue weighted by Gasteiger charge is -2.27. The van der Waals surface area contributed by atoms with E-state index in [9.17, 15) is 0 Å². The average molecular weight is 203 g/mol. The summed E-state index contributed by atoms with van der Waals surface area (Å²) < 4.78 is 0. The summed E-state index contributed by atoms with van der Waals surface area (Å²) in [5.74, 6) is 2.29. The zero-order valence-corrected chi connectivity index (χ0v) is 8.99. The average Bonchev–Trinajstić information content (AvgIpc) is 2.17. The lowest BCUT2D eigenvalue weighted by Crippen LogP contribution is -2.27. The normalized spacial score (nSPS) is 36.7. The molecule has 0 N–H and O–H groups in total. The van der Waals surface area contributed by atoms with Crippen molar-refractivity contribution in [2.45, 2.75) is 30.4 Å². The maximum atomic E-state index is 8.43. The minimum atomic E-state index is -0.240. The van der Waals surface area contributed by atoms with E-state index in [4.69, 9.17) is 5.53 Å². The van der Waals surface area contributed by atoms with Gasteiger partial charge >= 0.3 is 0 Å². The van der Waals surface area contributed by atoms with Crippen molar-refractivity contribution in [3.63, 3.8) is 0 Å². The molecule has 2 unspecified atom stereocenters. The standard InChI is InChI=1S/C7H13N3S2/c1-6-7(2,9-10-8)12-5-3-4-11-6/h6H,3-5H2,1-2H3. The van der Waals surface area contributed by atoms with Crippen molar-refractivity contribution >= 4 is 23.5 Å². The van der Waals surface area contributed by atoms with Gasteiger partial charge in [-0.2, -0.15) is 11.8 Å². The van der Waals surface area contributed by atoms with Crippen molar-refractivity contribution in [3.8, 4) is 0 Å². The van der Waals surface area contributed by atoms with Gasteiger partial charge in [-0.15, -0.1) is 11.8 Å². The third-order valence-corrected chi connectivity index (χ3v) is 5.19. The zero-order chi connectivity index (χ0) is 9.03. The Bertz CT molecular complexity index is 203. The molecule has 0 amide bonds. The Morgan fingerprint density at radius 1 is 1.58 bits per heavy atom. The summed E-state index contributed by atoms with van der Waals surface area (Å²) in [7, 11) is 0. The molecule has 0 spiro atoms. The fourth-order valence-corrected chi connectivity index (χ4v) is 3.71. The molecule has 3 nitrogen and oxygen atoms in total. The van der Waals surface area contributed by atoms with Crippen LogP contribution in [0.3, 0.4) is 0 Å². The Morgan fingerprint density at radius 2 is 2.33 bits per heavy atom. The van der Waals surface area contributed by atoms with Crippen LogP contribution in [0.1, 0.15) is 20.3 Å². The number of hydrogen-bond donors (Lipinski definition) is 0. The van der Waals surface area contributed by atoms with E-state index in [0.717, 1.165) is 5.75 Å². The number of rotatable bonds is 1. The van der Waals surface area contributed by atoms with Gasteiger partial charge in [-0.05, 0) is 30.4 Å². The highest BCUT2D eigenvalue weighted by molar-refractivity contribution is 8.04. The van der Waals surface area contributed by atoms with E-state index in [1.54, 1.807) is 11.8 Å². The van der Waals surface area contributed by atoms with E-state index in [2.05, 4.69) is 16.9 Å². The number of hydrogen-bond acceptors (Lipinski definition) is 3. The summed E-state index contributed by atoms with van der Waals surface area (Å²) in [4.78, 5) is 2.67. The van der Waals surface area contributed by atoms with E-state index < -0.39 is 0 Å². The topological polar surface area (TPSA) is 48.8 Å². The molecule has 2 atom stereocenters. The minimum Gasteiger partial charge on any atom is -0.157 e. The molecule has 0 bridgehead atoms.